The molecule has 0 amide bonds. The fraction of sp³-hybridized carbons (Fsp3) is 0.500. The van der Waals surface area contributed by atoms with Gasteiger partial charge in [0.25, 0.3) is 0 Å². The largest absolute Gasteiger partial charge is 0.383 e. The average molecular weight is 262 g/mol. The number of ether oxygens (including phenoxy) is 1. The molecular weight excluding hydrogens is 245 g/mol. The summed E-state index contributed by atoms with van der Waals surface area (Å²) in [7, 11) is 3.65. The maximum atomic E-state index is 5.95. The Kier molecular flexibility index (Phi) is 6.14. The number of hydrogen-bond donors (Lipinski definition) is 1. The Labute approximate surface area is 107 Å². The number of hydrogen-bond acceptors (Lipinski definition) is 2. The van der Waals surface area contributed by atoms with E-state index in [4.69, 9.17) is 27.9 Å². The quantitative estimate of drug-likeness (QED) is 0.850. The number of nitrogens with one attached hydrogen (secondary N) is 1. The third-order valence-electron chi connectivity index (χ3n) is 2.54. The lowest BCUT2D eigenvalue weighted by atomic mass is 10.1. The van der Waals surface area contributed by atoms with Crippen molar-refractivity contribution in [3.05, 3.63) is 33.8 Å². The fourth-order valence-electron chi connectivity index (χ4n) is 1.55. The Morgan fingerprint density at radius 3 is 2.62 bits per heavy atom. The molecule has 90 valence electrons. The molecule has 0 heterocycles. The highest BCUT2D eigenvalue weighted by Crippen LogP contribution is 2.23. The summed E-state index contributed by atoms with van der Waals surface area (Å²) in [6, 6.07) is 6.14. The SMILES string of the molecule is CNC(CCc1ccc(Cl)c(Cl)c1)COC. The van der Waals surface area contributed by atoms with Crippen LogP contribution in [0.1, 0.15) is 12.0 Å². The van der Waals surface area contributed by atoms with Gasteiger partial charge in [0.2, 0.25) is 0 Å². The summed E-state index contributed by atoms with van der Waals surface area (Å²) in [6.45, 7) is 0.720. The lowest BCUT2D eigenvalue weighted by Gasteiger charge is -2.14. The first-order chi connectivity index (χ1) is 7.67. The Morgan fingerprint density at radius 2 is 2.06 bits per heavy atom. The van der Waals surface area contributed by atoms with Crippen LogP contribution in [0.2, 0.25) is 10.0 Å². The lowest BCUT2D eigenvalue weighted by Crippen LogP contribution is -2.30. The summed E-state index contributed by atoms with van der Waals surface area (Å²) in [5.74, 6) is 0. The van der Waals surface area contributed by atoms with Crippen LogP contribution < -0.4 is 5.32 Å². The molecule has 0 bridgehead atoms. The molecule has 0 spiro atoms. The first-order valence-corrected chi connectivity index (χ1v) is 6.03. The van der Waals surface area contributed by atoms with Crippen LogP contribution in [0.3, 0.4) is 0 Å². The molecule has 1 atom stereocenters. The van der Waals surface area contributed by atoms with E-state index in [-0.39, 0.29) is 0 Å². The van der Waals surface area contributed by atoms with Crippen molar-refractivity contribution < 1.29 is 4.74 Å². The molecule has 1 unspecified atom stereocenters. The summed E-state index contributed by atoms with van der Waals surface area (Å²) >= 11 is 11.8. The van der Waals surface area contributed by atoms with Crippen LogP contribution in [-0.2, 0) is 11.2 Å². The first-order valence-electron chi connectivity index (χ1n) is 5.27. The van der Waals surface area contributed by atoms with Crippen molar-refractivity contribution in [2.24, 2.45) is 0 Å². The minimum absolute atomic E-state index is 0.374. The molecule has 1 N–H and O–H groups in total. The van der Waals surface area contributed by atoms with Crippen molar-refractivity contribution in [2.75, 3.05) is 20.8 Å². The number of likely N-dealkylation sites (N-methyl/N-ethyl adjacent to an activating group) is 1. The van der Waals surface area contributed by atoms with Gasteiger partial charge in [-0.25, -0.2) is 0 Å². The zero-order valence-corrected chi connectivity index (χ0v) is 11.1. The molecule has 1 aromatic carbocycles. The molecule has 0 aliphatic heterocycles. The van der Waals surface area contributed by atoms with E-state index in [2.05, 4.69) is 5.32 Å². The van der Waals surface area contributed by atoms with Crippen LogP contribution in [0.15, 0.2) is 18.2 Å². The molecule has 4 heteroatoms. The molecule has 0 aliphatic carbocycles. The molecule has 1 aromatic rings. The second-order valence-electron chi connectivity index (χ2n) is 3.73. The summed E-state index contributed by atoms with van der Waals surface area (Å²) in [5, 5.41) is 4.44. The predicted molar refractivity (Wildman–Crippen MR) is 69.5 cm³/mol. The number of halogens is 2. The summed E-state index contributed by atoms with van der Waals surface area (Å²) < 4.78 is 5.12. The molecule has 0 fully saturated rings. The van der Waals surface area contributed by atoms with Gasteiger partial charge < -0.3 is 10.1 Å². The second kappa shape index (κ2) is 7.13. The van der Waals surface area contributed by atoms with E-state index in [0.717, 1.165) is 19.4 Å². The van der Waals surface area contributed by atoms with Gasteiger partial charge in [-0.05, 0) is 37.6 Å². The van der Waals surface area contributed by atoms with Gasteiger partial charge in [0.1, 0.15) is 0 Å². The normalized spacial score (nSPS) is 12.8. The molecule has 0 saturated heterocycles. The highest BCUT2D eigenvalue weighted by atomic mass is 35.5. The van der Waals surface area contributed by atoms with E-state index in [1.165, 1.54) is 5.56 Å². The van der Waals surface area contributed by atoms with Gasteiger partial charge in [0.15, 0.2) is 0 Å². The van der Waals surface area contributed by atoms with Crippen LogP contribution in [-0.4, -0.2) is 26.8 Å². The van der Waals surface area contributed by atoms with Gasteiger partial charge in [-0.15, -0.1) is 0 Å². The Bertz CT molecular complexity index is 331. The van der Waals surface area contributed by atoms with Gasteiger partial charge in [0.05, 0.1) is 16.7 Å². The van der Waals surface area contributed by atoms with Crippen molar-refractivity contribution >= 4 is 23.2 Å². The van der Waals surface area contributed by atoms with Crippen molar-refractivity contribution in [3.8, 4) is 0 Å². The Balaban J connectivity index is 2.50. The van der Waals surface area contributed by atoms with E-state index in [1.54, 1.807) is 7.11 Å². The van der Waals surface area contributed by atoms with Gasteiger partial charge >= 0.3 is 0 Å². The zero-order valence-electron chi connectivity index (χ0n) is 9.59. The topological polar surface area (TPSA) is 21.3 Å². The van der Waals surface area contributed by atoms with Crippen LogP contribution in [0.5, 0.6) is 0 Å². The maximum Gasteiger partial charge on any atom is 0.0615 e. The van der Waals surface area contributed by atoms with Crippen molar-refractivity contribution in [2.45, 2.75) is 18.9 Å². The third kappa shape index (κ3) is 4.30. The fourth-order valence-corrected chi connectivity index (χ4v) is 1.87. The maximum absolute atomic E-state index is 5.95. The number of methoxy groups -OCH3 is 1. The number of benzene rings is 1. The number of aryl methyl sites for hydroxylation is 1. The summed E-state index contributed by atoms with van der Waals surface area (Å²) in [4.78, 5) is 0. The van der Waals surface area contributed by atoms with Crippen LogP contribution in [0.25, 0.3) is 0 Å². The highest BCUT2D eigenvalue weighted by Gasteiger charge is 2.06. The molecule has 0 aliphatic rings. The molecule has 0 aromatic heterocycles. The molecule has 2 nitrogen and oxygen atoms in total. The van der Waals surface area contributed by atoms with Crippen LogP contribution in [0.4, 0.5) is 0 Å². The molecule has 1 rings (SSSR count). The van der Waals surface area contributed by atoms with Crippen molar-refractivity contribution in [3.63, 3.8) is 0 Å². The van der Waals surface area contributed by atoms with Crippen molar-refractivity contribution in [1.29, 1.82) is 0 Å². The van der Waals surface area contributed by atoms with E-state index in [9.17, 15) is 0 Å². The molecule has 16 heavy (non-hydrogen) atoms. The summed E-state index contributed by atoms with van der Waals surface area (Å²) in [5.41, 5.74) is 1.20. The second-order valence-corrected chi connectivity index (χ2v) is 4.54. The van der Waals surface area contributed by atoms with E-state index in [0.29, 0.717) is 16.1 Å². The monoisotopic (exact) mass is 261 g/mol. The first kappa shape index (κ1) is 13.8. The number of rotatable bonds is 6. The van der Waals surface area contributed by atoms with Gasteiger partial charge in [-0.1, -0.05) is 29.3 Å². The third-order valence-corrected chi connectivity index (χ3v) is 3.28. The van der Waals surface area contributed by atoms with Crippen LogP contribution in [0, 0.1) is 0 Å². The Morgan fingerprint density at radius 1 is 1.31 bits per heavy atom. The van der Waals surface area contributed by atoms with Gasteiger partial charge in [-0.3, -0.25) is 0 Å². The smallest absolute Gasteiger partial charge is 0.0615 e. The molecular formula is C12H17Cl2NO. The molecule has 0 radical (unpaired) electrons. The summed E-state index contributed by atoms with van der Waals surface area (Å²) in [6.07, 6.45) is 1.98. The predicted octanol–water partition coefficient (Wildman–Crippen LogP) is 3.16. The zero-order chi connectivity index (χ0) is 12.0. The molecule has 0 saturated carbocycles. The minimum Gasteiger partial charge on any atom is -0.383 e. The highest BCUT2D eigenvalue weighted by molar-refractivity contribution is 6.42. The standard InChI is InChI=1S/C12H17Cl2NO/c1-15-10(8-16-2)5-3-9-4-6-11(13)12(14)7-9/h4,6-7,10,15H,3,5,8H2,1-2H3. The Hall–Kier alpha value is -0.280. The lowest BCUT2D eigenvalue weighted by molar-refractivity contribution is 0.166. The van der Waals surface area contributed by atoms with E-state index in [1.807, 2.05) is 25.2 Å². The average Bonchev–Trinajstić information content (AvgIpc) is 2.28. The van der Waals surface area contributed by atoms with Crippen LogP contribution >= 0.6 is 23.2 Å². The van der Waals surface area contributed by atoms with E-state index < -0.39 is 0 Å². The van der Waals surface area contributed by atoms with Gasteiger partial charge in [0, 0.05) is 13.2 Å². The van der Waals surface area contributed by atoms with E-state index >= 15 is 0 Å². The van der Waals surface area contributed by atoms with Crippen molar-refractivity contribution in [1.82, 2.24) is 5.32 Å². The minimum atomic E-state index is 0.374. The van der Waals surface area contributed by atoms with Gasteiger partial charge in [-0.2, -0.15) is 0 Å².